The summed E-state index contributed by atoms with van der Waals surface area (Å²) in [5.74, 6) is 1.54. The third-order valence-electron chi connectivity index (χ3n) is 2.98. The first-order chi connectivity index (χ1) is 8.61. The summed E-state index contributed by atoms with van der Waals surface area (Å²) in [6.45, 7) is 5.47. The first kappa shape index (κ1) is 13.4. The van der Waals surface area contributed by atoms with Crippen LogP contribution in [0.15, 0.2) is 0 Å². The highest BCUT2D eigenvalue weighted by Gasteiger charge is 2.29. The number of carbonyl (C=O) groups excluding carboxylic acids is 1. The van der Waals surface area contributed by atoms with Gasteiger partial charge in [0.25, 0.3) is 0 Å². The van der Waals surface area contributed by atoms with Gasteiger partial charge in [-0.1, -0.05) is 0 Å². The predicted octanol–water partition coefficient (Wildman–Crippen LogP) is 0.765. The molecule has 1 aliphatic rings. The van der Waals surface area contributed by atoms with E-state index in [1.165, 1.54) is 0 Å². The van der Waals surface area contributed by atoms with Gasteiger partial charge in [-0.05, 0) is 20.1 Å². The van der Waals surface area contributed by atoms with Crippen LogP contribution in [0.2, 0.25) is 0 Å². The standard InChI is InChI=1S/C11H18N4O2S/c1-7(18-3)11(16)15-4-5-17-9(6-15)10-12-8(2)13-14-10/h7,9H,4-6H2,1-3H3,(H,12,13,14). The number of thioether (sulfide) groups is 1. The van der Waals surface area contributed by atoms with Gasteiger partial charge in [-0.15, -0.1) is 0 Å². The number of nitrogens with one attached hydrogen (secondary N) is 1. The molecular formula is C11H18N4O2S. The van der Waals surface area contributed by atoms with Gasteiger partial charge in [0.15, 0.2) is 5.82 Å². The van der Waals surface area contributed by atoms with E-state index in [1.807, 2.05) is 25.0 Å². The number of ether oxygens (including phenoxy) is 1. The Morgan fingerprint density at radius 1 is 1.67 bits per heavy atom. The fourth-order valence-corrected chi connectivity index (χ4v) is 2.22. The highest BCUT2D eigenvalue weighted by atomic mass is 32.2. The minimum atomic E-state index is -0.221. The van der Waals surface area contributed by atoms with E-state index in [1.54, 1.807) is 11.8 Å². The molecule has 0 aromatic carbocycles. The van der Waals surface area contributed by atoms with Gasteiger partial charge in [0.2, 0.25) is 5.91 Å². The number of aryl methyl sites for hydroxylation is 1. The average molecular weight is 270 g/mol. The van der Waals surface area contributed by atoms with Crippen molar-refractivity contribution in [3.8, 4) is 0 Å². The SMILES string of the molecule is CSC(C)C(=O)N1CCOC(c2n[nH]c(C)n2)C1. The Bertz CT molecular complexity index is 423. The molecule has 1 N–H and O–H groups in total. The van der Waals surface area contributed by atoms with Crippen molar-refractivity contribution in [1.29, 1.82) is 0 Å². The molecule has 1 aliphatic heterocycles. The van der Waals surface area contributed by atoms with Crippen molar-refractivity contribution in [2.45, 2.75) is 25.2 Å². The first-order valence-corrected chi connectivity index (χ1v) is 7.22. The van der Waals surface area contributed by atoms with Gasteiger partial charge in [-0.25, -0.2) is 4.98 Å². The molecule has 7 heteroatoms. The lowest BCUT2D eigenvalue weighted by molar-refractivity contribution is -0.138. The van der Waals surface area contributed by atoms with Crippen LogP contribution in [0.25, 0.3) is 0 Å². The van der Waals surface area contributed by atoms with Crippen LogP contribution in [0.4, 0.5) is 0 Å². The number of nitrogens with zero attached hydrogens (tertiary/aromatic N) is 3. The first-order valence-electron chi connectivity index (χ1n) is 5.94. The van der Waals surface area contributed by atoms with Gasteiger partial charge in [0.1, 0.15) is 11.9 Å². The van der Waals surface area contributed by atoms with Gasteiger partial charge in [0, 0.05) is 6.54 Å². The minimum Gasteiger partial charge on any atom is -0.366 e. The van der Waals surface area contributed by atoms with Crippen molar-refractivity contribution in [2.24, 2.45) is 0 Å². The van der Waals surface area contributed by atoms with Crippen molar-refractivity contribution in [3.05, 3.63) is 11.6 Å². The maximum absolute atomic E-state index is 12.1. The van der Waals surface area contributed by atoms with E-state index in [0.717, 1.165) is 5.82 Å². The summed E-state index contributed by atoms with van der Waals surface area (Å²) in [5.41, 5.74) is 0. The second-order valence-electron chi connectivity index (χ2n) is 4.30. The smallest absolute Gasteiger partial charge is 0.235 e. The summed E-state index contributed by atoms with van der Waals surface area (Å²) in [6.07, 6.45) is 1.72. The normalized spacial score (nSPS) is 21.9. The molecule has 1 aromatic heterocycles. The summed E-state index contributed by atoms with van der Waals surface area (Å²) in [4.78, 5) is 18.2. The Morgan fingerprint density at radius 2 is 2.44 bits per heavy atom. The van der Waals surface area contributed by atoms with Crippen molar-refractivity contribution in [1.82, 2.24) is 20.1 Å². The van der Waals surface area contributed by atoms with E-state index < -0.39 is 0 Å². The van der Waals surface area contributed by atoms with Crippen LogP contribution in [0.5, 0.6) is 0 Å². The number of carbonyl (C=O) groups is 1. The molecule has 1 saturated heterocycles. The maximum Gasteiger partial charge on any atom is 0.235 e. The number of H-pyrrole nitrogens is 1. The number of hydrogen-bond acceptors (Lipinski definition) is 5. The van der Waals surface area contributed by atoms with Crippen LogP contribution in [-0.2, 0) is 9.53 Å². The largest absolute Gasteiger partial charge is 0.366 e. The molecule has 0 radical (unpaired) electrons. The lowest BCUT2D eigenvalue weighted by atomic mass is 10.2. The number of amides is 1. The van der Waals surface area contributed by atoms with Crippen molar-refractivity contribution in [2.75, 3.05) is 26.0 Å². The second kappa shape index (κ2) is 5.71. The summed E-state index contributed by atoms with van der Waals surface area (Å²) >= 11 is 1.56. The van der Waals surface area contributed by atoms with E-state index in [4.69, 9.17) is 4.74 Å². The zero-order valence-electron chi connectivity index (χ0n) is 10.8. The van der Waals surface area contributed by atoms with Gasteiger partial charge in [-0.3, -0.25) is 9.89 Å². The van der Waals surface area contributed by atoms with Crippen LogP contribution in [0.3, 0.4) is 0 Å². The van der Waals surface area contributed by atoms with Gasteiger partial charge in [-0.2, -0.15) is 16.9 Å². The van der Waals surface area contributed by atoms with Crippen LogP contribution >= 0.6 is 11.8 Å². The maximum atomic E-state index is 12.1. The van der Waals surface area contributed by atoms with Crippen LogP contribution in [0.1, 0.15) is 24.7 Å². The molecule has 2 heterocycles. The summed E-state index contributed by atoms with van der Waals surface area (Å²) in [5, 5.41) is 6.87. The zero-order chi connectivity index (χ0) is 13.1. The van der Waals surface area contributed by atoms with Gasteiger partial charge < -0.3 is 9.64 Å². The van der Waals surface area contributed by atoms with Crippen molar-refractivity contribution >= 4 is 17.7 Å². The highest BCUT2D eigenvalue weighted by Crippen LogP contribution is 2.21. The number of rotatable bonds is 3. The molecule has 1 amide bonds. The van der Waals surface area contributed by atoms with E-state index in [0.29, 0.717) is 25.5 Å². The lowest BCUT2D eigenvalue weighted by Crippen LogP contribution is -2.45. The quantitative estimate of drug-likeness (QED) is 0.878. The molecule has 100 valence electrons. The monoisotopic (exact) mass is 270 g/mol. The molecule has 0 bridgehead atoms. The predicted molar refractivity (Wildman–Crippen MR) is 69.4 cm³/mol. The summed E-state index contributed by atoms with van der Waals surface area (Å²) in [6, 6.07) is 0. The van der Waals surface area contributed by atoms with E-state index in [2.05, 4.69) is 15.2 Å². The Balaban J connectivity index is 2.02. The number of morpholine rings is 1. The molecule has 6 nitrogen and oxygen atoms in total. The van der Waals surface area contributed by atoms with Crippen LogP contribution in [0, 0.1) is 6.92 Å². The fraction of sp³-hybridized carbons (Fsp3) is 0.727. The summed E-state index contributed by atoms with van der Waals surface area (Å²) in [7, 11) is 0. The van der Waals surface area contributed by atoms with Gasteiger partial charge >= 0.3 is 0 Å². The topological polar surface area (TPSA) is 71.1 Å². The van der Waals surface area contributed by atoms with E-state index in [9.17, 15) is 4.79 Å². The molecule has 1 aromatic rings. The molecule has 0 aliphatic carbocycles. The molecule has 0 spiro atoms. The molecule has 2 unspecified atom stereocenters. The Kier molecular flexibility index (Phi) is 4.23. The molecule has 18 heavy (non-hydrogen) atoms. The Morgan fingerprint density at radius 3 is 3.06 bits per heavy atom. The molecular weight excluding hydrogens is 252 g/mol. The molecule has 2 atom stereocenters. The Labute approximate surface area is 110 Å². The van der Waals surface area contributed by atoms with Crippen molar-refractivity contribution < 1.29 is 9.53 Å². The Hall–Kier alpha value is -1.08. The highest BCUT2D eigenvalue weighted by molar-refractivity contribution is 7.99. The van der Waals surface area contributed by atoms with Crippen LogP contribution < -0.4 is 0 Å². The van der Waals surface area contributed by atoms with E-state index in [-0.39, 0.29) is 17.3 Å². The number of aromatic nitrogens is 3. The lowest BCUT2D eigenvalue weighted by Gasteiger charge is -2.33. The average Bonchev–Trinajstić information content (AvgIpc) is 2.84. The van der Waals surface area contributed by atoms with Crippen molar-refractivity contribution in [3.63, 3.8) is 0 Å². The number of aromatic amines is 1. The van der Waals surface area contributed by atoms with Crippen LogP contribution in [-0.4, -0.2) is 57.2 Å². The van der Waals surface area contributed by atoms with Gasteiger partial charge in [0.05, 0.1) is 18.4 Å². The molecule has 1 fully saturated rings. The van der Waals surface area contributed by atoms with E-state index >= 15 is 0 Å². The molecule has 0 saturated carbocycles. The third kappa shape index (κ3) is 2.84. The second-order valence-corrected chi connectivity index (χ2v) is 5.48. The minimum absolute atomic E-state index is 0.0161. The molecule has 2 rings (SSSR count). The summed E-state index contributed by atoms with van der Waals surface area (Å²) < 4.78 is 5.63. The third-order valence-corrected chi connectivity index (χ3v) is 3.89. The number of hydrogen-bond donors (Lipinski definition) is 1. The fourth-order valence-electron chi connectivity index (χ4n) is 1.87. The zero-order valence-corrected chi connectivity index (χ0v) is 11.7.